The first-order chi connectivity index (χ1) is 10.4. The van der Waals surface area contributed by atoms with Crippen LogP contribution in [-0.2, 0) is 11.3 Å². The molecule has 1 aliphatic carbocycles. The Balaban J connectivity index is 2.08. The molecule has 1 heterocycles. The maximum atomic E-state index is 12.0. The molecule has 0 radical (unpaired) electrons. The van der Waals surface area contributed by atoms with Crippen LogP contribution in [0.2, 0.25) is 5.15 Å². The Morgan fingerprint density at radius 2 is 2.27 bits per heavy atom. The van der Waals surface area contributed by atoms with E-state index in [0.717, 1.165) is 37.1 Å². The molecule has 0 aromatic carbocycles. The van der Waals surface area contributed by atoms with Gasteiger partial charge < -0.3 is 5.32 Å². The fraction of sp³-hybridized carbons (Fsp3) is 0.562. The minimum Gasteiger partial charge on any atom is -0.334 e. The number of carbonyl (C=O) groups is 1. The van der Waals surface area contributed by atoms with Crippen molar-refractivity contribution in [1.82, 2.24) is 15.1 Å². The highest BCUT2D eigenvalue weighted by Crippen LogP contribution is 2.31. The van der Waals surface area contributed by atoms with Gasteiger partial charge in [0.25, 0.3) is 0 Å². The van der Waals surface area contributed by atoms with Crippen molar-refractivity contribution in [2.45, 2.75) is 52.1 Å². The Kier molecular flexibility index (Phi) is 4.92. The largest absolute Gasteiger partial charge is 0.334 e. The summed E-state index contributed by atoms with van der Waals surface area (Å²) in [4.78, 5) is 12.0. The minimum atomic E-state index is -0.678. The first-order valence-electron chi connectivity index (χ1n) is 7.51. The molecule has 0 spiro atoms. The highest BCUT2D eigenvalue weighted by molar-refractivity contribution is 6.31. The molecule has 6 heteroatoms. The topological polar surface area (TPSA) is 70.7 Å². The molecular weight excluding hydrogens is 300 g/mol. The fourth-order valence-electron chi connectivity index (χ4n) is 2.45. The van der Waals surface area contributed by atoms with Crippen molar-refractivity contribution >= 4 is 23.6 Å². The van der Waals surface area contributed by atoms with E-state index in [4.69, 9.17) is 16.9 Å². The molecule has 0 bridgehead atoms. The van der Waals surface area contributed by atoms with Crippen molar-refractivity contribution in [3.05, 3.63) is 22.5 Å². The predicted molar refractivity (Wildman–Crippen MR) is 86.2 cm³/mol. The van der Waals surface area contributed by atoms with Gasteiger partial charge in [0.2, 0.25) is 5.91 Å². The zero-order chi connectivity index (χ0) is 16.3. The molecule has 0 atom stereocenters. The Morgan fingerprint density at radius 1 is 1.59 bits per heavy atom. The summed E-state index contributed by atoms with van der Waals surface area (Å²) in [5.74, 6) is 0.166. The van der Waals surface area contributed by atoms with Crippen LogP contribution in [0.5, 0.6) is 0 Å². The molecule has 1 aliphatic rings. The summed E-state index contributed by atoms with van der Waals surface area (Å²) in [5.41, 5.74) is 0.854. The maximum Gasteiger partial charge on any atom is 0.245 e. The van der Waals surface area contributed by atoms with Gasteiger partial charge in [0.05, 0.1) is 11.8 Å². The van der Waals surface area contributed by atoms with Crippen molar-refractivity contribution in [2.24, 2.45) is 5.92 Å². The van der Waals surface area contributed by atoms with Gasteiger partial charge in [-0.2, -0.15) is 10.4 Å². The Hall–Kier alpha value is -1.80. The molecule has 1 fully saturated rings. The van der Waals surface area contributed by atoms with Crippen LogP contribution in [0.3, 0.4) is 0 Å². The molecule has 1 saturated carbocycles. The van der Waals surface area contributed by atoms with E-state index >= 15 is 0 Å². The number of amides is 1. The molecule has 1 amide bonds. The Bertz CT molecular complexity index is 635. The van der Waals surface area contributed by atoms with Crippen molar-refractivity contribution in [3.8, 4) is 6.07 Å². The van der Waals surface area contributed by atoms with Crippen molar-refractivity contribution in [3.63, 3.8) is 0 Å². The maximum absolute atomic E-state index is 12.0. The summed E-state index contributed by atoms with van der Waals surface area (Å²) in [6, 6.07) is 2.18. The van der Waals surface area contributed by atoms with E-state index in [-0.39, 0.29) is 5.91 Å². The van der Waals surface area contributed by atoms with Gasteiger partial charge in [0.1, 0.15) is 10.7 Å². The summed E-state index contributed by atoms with van der Waals surface area (Å²) >= 11 is 6.32. The van der Waals surface area contributed by atoms with Gasteiger partial charge >= 0.3 is 0 Å². The highest BCUT2D eigenvalue weighted by Gasteiger charge is 2.38. The summed E-state index contributed by atoms with van der Waals surface area (Å²) < 4.78 is 1.75. The van der Waals surface area contributed by atoms with E-state index in [1.165, 1.54) is 6.08 Å². The second kappa shape index (κ2) is 6.53. The van der Waals surface area contributed by atoms with Crippen LogP contribution in [0.15, 0.2) is 6.08 Å². The summed E-state index contributed by atoms with van der Waals surface area (Å²) in [6.45, 7) is 6.78. The third-order valence-corrected chi connectivity index (χ3v) is 4.23. The molecule has 1 aromatic rings. The van der Waals surface area contributed by atoms with Crippen molar-refractivity contribution in [1.29, 1.82) is 5.26 Å². The molecule has 0 saturated heterocycles. The Morgan fingerprint density at radius 3 is 2.77 bits per heavy atom. The van der Waals surface area contributed by atoms with Crippen LogP contribution < -0.4 is 5.32 Å². The summed E-state index contributed by atoms with van der Waals surface area (Å²) in [7, 11) is 0. The third-order valence-electron chi connectivity index (χ3n) is 3.83. The predicted octanol–water partition coefficient (Wildman–Crippen LogP) is 3.08. The van der Waals surface area contributed by atoms with E-state index in [2.05, 4.69) is 30.3 Å². The molecule has 0 unspecified atom stereocenters. The number of rotatable bonds is 5. The lowest BCUT2D eigenvalue weighted by Gasteiger charge is -2.35. The highest BCUT2D eigenvalue weighted by atomic mass is 35.5. The third kappa shape index (κ3) is 3.50. The number of hydrogen-bond donors (Lipinski definition) is 1. The van der Waals surface area contributed by atoms with Gasteiger partial charge in [-0.15, -0.1) is 0 Å². The first kappa shape index (κ1) is 16.6. The van der Waals surface area contributed by atoms with Crippen molar-refractivity contribution < 1.29 is 4.79 Å². The second-order valence-electron chi connectivity index (χ2n) is 6.24. The SMILES string of the molecule is Cc1nn(CC(C)C)c(Cl)c1C=CC(=O)NC1(C#N)CCC1. The lowest BCUT2D eigenvalue weighted by atomic mass is 9.78. The number of carbonyl (C=O) groups excluding carboxylic acids is 1. The van der Waals surface area contributed by atoms with Gasteiger partial charge in [-0.05, 0) is 38.2 Å². The molecule has 5 nitrogen and oxygen atoms in total. The average Bonchev–Trinajstić information content (AvgIpc) is 2.66. The smallest absolute Gasteiger partial charge is 0.245 e. The van der Waals surface area contributed by atoms with Gasteiger partial charge in [0, 0.05) is 18.2 Å². The molecule has 22 heavy (non-hydrogen) atoms. The van der Waals surface area contributed by atoms with Gasteiger partial charge in [-0.25, -0.2) is 0 Å². The normalized spacial score (nSPS) is 16.5. The van der Waals surface area contributed by atoms with Crippen LogP contribution in [0.1, 0.15) is 44.4 Å². The number of nitriles is 1. The molecule has 2 rings (SSSR count). The van der Waals surface area contributed by atoms with Gasteiger partial charge in [-0.1, -0.05) is 25.4 Å². The van der Waals surface area contributed by atoms with E-state index < -0.39 is 5.54 Å². The number of nitrogens with one attached hydrogen (secondary N) is 1. The van der Waals surface area contributed by atoms with Crippen LogP contribution in [0, 0.1) is 24.2 Å². The fourth-order valence-corrected chi connectivity index (χ4v) is 2.76. The van der Waals surface area contributed by atoms with Crippen LogP contribution in [0.25, 0.3) is 6.08 Å². The molecular formula is C16H21ClN4O. The van der Waals surface area contributed by atoms with E-state index in [0.29, 0.717) is 11.1 Å². The Labute approximate surface area is 135 Å². The number of aryl methyl sites for hydroxylation is 1. The van der Waals surface area contributed by atoms with Crippen LogP contribution in [0.4, 0.5) is 0 Å². The zero-order valence-corrected chi connectivity index (χ0v) is 13.9. The first-order valence-corrected chi connectivity index (χ1v) is 7.89. The summed E-state index contributed by atoms with van der Waals surface area (Å²) in [6.07, 6.45) is 5.50. The van der Waals surface area contributed by atoms with E-state index in [1.54, 1.807) is 10.8 Å². The van der Waals surface area contributed by atoms with Gasteiger partial charge in [-0.3, -0.25) is 9.48 Å². The minimum absolute atomic E-state index is 0.270. The number of nitrogens with zero attached hydrogens (tertiary/aromatic N) is 3. The van der Waals surface area contributed by atoms with E-state index in [9.17, 15) is 4.79 Å². The molecule has 118 valence electrons. The number of hydrogen-bond acceptors (Lipinski definition) is 3. The summed E-state index contributed by atoms with van der Waals surface area (Å²) in [5, 5.41) is 16.8. The lowest BCUT2D eigenvalue weighted by Crippen LogP contribution is -2.51. The molecule has 0 aliphatic heterocycles. The van der Waals surface area contributed by atoms with Crippen LogP contribution in [-0.4, -0.2) is 21.2 Å². The zero-order valence-electron chi connectivity index (χ0n) is 13.2. The number of aromatic nitrogens is 2. The van der Waals surface area contributed by atoms with E-state index in [1.807, 2.05) is 6.92 Å². The standard InChI is InChI=1S/C16H21ClN4O/c1-11(2)9-21-15(17)13(12(3)20-21)5-6-14(22)19-16(10-18)7-4-8-16/h5-6,11H,4,7-9H2,1-3H3,(H,19,22). The van der Waals surface area contributed by atoms with Crippen molar-refractivity contribution in [2.75, 3.05) is 0 Å². The quantitative estimate of drug-likeness (QED) is 0.847. The van der Waals surface area contributed by atoms with Gasteiger partial charge in [0.15, 0.2) is 0 Å². The van der Waals surface area contributed by atoms with Crippen LogP contribution >= 0.6 is 11.6 Å². The molecule has 1 aromatic heterocycles. The molecule has 1 N–H and O–H groups in total. The lowest BCUT2D eigenvalue weighted by molar-refractivity contribution is -0.118. The monoisotopic (exact) mass is 320 g/mol. The average molecular weight is 321 g/mol. The second-order valence-corrected chi connectivity index (χ2v) is 6.59. The number of halogens is 1.